The van der Waals surface area contributed by atoms with Crippen molar-refractivity contribution in [1.82, 2.24) is 10.2 Å². The Morgan fingerprint density at radius 2 is 2.00 bits per heavy atom. The Hall–Kier alpha value is -0.360. The van der Waals surface area contributed by atoms with Crippen LogP contribution in [0.15, 0.2) is 18.2 Å². The number of hydrogen-bond acceptors (Lipinski definition) is 4. The number of hydrogen-bond donors (Lipinski definition) is 2. The smallest absolute Gasteiger partial charge is 0.0802 e. The first-order chi connectivity index (χ1) is 11.6. The van der Waals surface area contributed by atoms with Crippen LogP contribution in [0.4, 0.5) is 0 Å². The molecule has 0 amide bonds. The number of likely N-dealkylation sites (tertiary alicyclic amines) is 1. The zero-order valence-electron chi connectivity index (χ0n) is 13.9. The lowest BCUT2D eigenvalue weighted by Crippen LogP contribution is -2.47. The molecule has 3 rings (SSSR count). The highest BCUT2D eigenvalue weighted by atomic mass is 35.5. The average molecular weight is 373 g/mol. The van der Waals surface area contributed by atoms with Gasteiger partial charge in [0.15, 0.2) is 0 Å². The molecule has 0 saturated carbocycles. The number of halogens is 2. The van der Waals surface area contributed by atoms with Crippen LogP contribution in [0.5, 0.6) is 0 Å². The van der Waals surface area contributed by atoms with Gasteiger partial charge in [0, 0.05) is 31.8 Å². The van der Waals surface area contributed by atoms with E-state index in [1.165, 1.54) is 19.3 Å². The lowest BCUT2D eigenvalue weighted by molar-refractivity contribution is 0.115. The van der Waals surface area contributed by atoms with Gasteiger partial charge in [-0.2, -0.15) is 0 Å². The maximum absolute atomic E-state index is 10.3. The summed E-state index contributed by atoms with van der Waals surface area (Å²) in [7, 11) is 0. The van der Waals surface area contributed by atoms with Crippen molar-refractivity contribution in [2.45, 2.75) is 43.9 Å². The Labute approximate surface area is 154 Å². The van der Waals surface area contributed by atoms with Gasteiger partial charge in [0.1, 0.15) is 0 Å². The highest BCUT2D eigenvalue weighted by molar-refractivity contribution is 6.42. The molecule has 2 N–H and O–H groups in total. The van der Waals surface area contributed by atoms with Crippen molar-refractivity contribution in [2.75, 3.05) is 32.8 Å². The van der Waals surface area contributed by atoms with Crippen molar-refractivity contribution >= 4 is 23.2 Å². The Morgan fingerprint density at radius 1 is 1.21 bits per heavy atom. The minimum Gasteiger partial charge on any atom is -0.388 e. The Morgan fingerprint density at radius 3 is 2.67 bits per heavy atom. The Bertz CT molecular complexity index is 530. The van der Waals surface area contributed by atoms with E-state index < -0.39 is 6.10 Å². The van der Waals surface area contributed by atoms with E-state index in [9.17, 15) is 5.11 Å². The molecule has 0 aliphatic carbocycles. The third-order valence-corrected chi connectivity index (χ3v) is 5.87. The van der Waals surface area contributed by atoms with Gasteiger partial charge in [-0.25, -0.2) is 0 Å². The molecule has 24 heavy (non-hydrogen) atoms. The molecule has 1 aromatic carbocycles. The molecule has 2 fully saturated rings. The van der Waals surface area contributed by atoms with Crippen LogP contribution >= 0.6 is 23.2 Å². The van der Waals surface area contributed by atoms with E-state index in [1.807, 2.05) is 6.07 Å². The molecule has 0 spiro atoms. The van der Waals surface area contributed by atoms with Gasteiger partial charge in [-0.1, -0.05) is 29.3 Å². The zero-order chi connectivity index (χ0) is 16.9. The highest BCUT2D eigenvalue weighted by Gasteiger charge is 2.27. The number of nitrogens with zero attached hydrogens (tertiary/aromatic N) is 1. The van der Waals surface area contributed by atoms with E-state index in [1.54, 1.807) is 12.1 Å². The molecular formula is C18H26Cl2N2O2. The maximum atomic E-state index is 10.3. The molecule has 134 valence electrons. The number of ether oxygens (including phenoxy) is 1. The monoisotopic (exact) mass is 372 g/mol. The van der Waals surface area contributed by atoms with Crippen molar-refractivity contribution in [3.8, 4) is 0 Å². The fourth-order valence-electron chi connectivity index (χ4n) is 3.59. The fraction of sp³-hybridized carbons (Fsp3) is 0.667. The summed E-state index contributed by atoms with van der Waals surface area (Å²) in [4.78, 5) is 2.57. The topological polar surface area (TPSA) is 44.7 Å². The first-order valence-electron chi connectivity index (χ1n) is 8.81. The Kier molecular flexibility index (Phi) is 6.79. The van der Waals surface area contributed by atoms with Gasteiger partial charge in [0.05, 0.1) is 22.8 Å². The van der Waals surface area contributed by atoms with Gasteiger partial charge in [0.2, 0.25) is 0 Å². The van der Waals surface area contributed by atoms with E-state index in [0.29, 0.717) is 28.5 Å². The zero-order valence-corrected chi connectivity index (χ0v) is 15.4. The van der Waals surface area contributed by atoms with Gasteiger partial charge >= 0.3 is 0 Å². The van der Waals surface area contributed by atoms with Crippen LogP contribution in [-0.4, -0.2) is 54.9 Å². The molecule has 0 bridgehead atoms. The van der Waals surface area contributed by atoms with E-state index in [-0.39, 0.29) is 0 Å². The standard InChI is InChI=1S/C18H26Cl2N2O2/c19-16-2-1-13(11-17(16)20)18(23)3-7-21-14-4-8-22(9-5-14)15-6-10-24-12-15/h1-2,11,14-15,18,21,23H,3-10,12H2. The average Bonchev–Trinajstić information content (AvgIpc) is 3.12. The van der Waals surface area contributed by atoms with Crippen LogP contribution in [0, 0.1) is 0 Å². The summed E-state index contributed by atoms with van der Waals surface area (Å²) in [5, 5.41) is 14.9. The second-order valence-corrected chi connectivity index (χ2v) is 7.57. The molecule has 2 heterocycles. The van der Waals surface area contributed by atoms with E-state index >= 15 is 0 Å². The maximum Gasteiger partial charge on any atom is 0.0802 e. The van der Waals surface area contributed by atoms with Gasteiger partial charge in [-0.05, 0) is 49.9 Å². The van der Waals surface area contributed by atoms with Crippen LogP contribution in [-0.2, 0) is 4.74 Å². The van der Waals surface area contributed by atoms with Crippen LogP contribution < -0.4 is 5.32 Å². The van der Waals surface area contributed by atoms with Crippen LogP contribution in [0.3, 0.4) is 0 Å². The molecule has 2 unspecified atom stereocenters. The van der Waals surface area contributed by atoms with Gasteiger partial charge < -0.3 is 15.2 Å². The predicted molar refractivity (Wildman–Crippen MR) is 97.9 cm³/mol. The molecule has 6 heteroatoms. The second kappa shape index (κ2) is 8.84. The van der Waals surface area contributed by atoms with Crippen molar-refractivity contribution in [3.05, 3.63) is 33.8 Å². The SMILES string of the molecule is OC(CCNC1CCN(C2CCOC2)CC1)c1ccc(Cl)c(Cl)c1. The summed E-state index contributed by atoms with van der Waals surface area (Å²) in [5.74, 6) is 0. The molecule has 2 atom stereocenters. The van der Waals surface area contributed by atoms with Crippen molar-refractivity contribution in [3.63, 3.8) is 0 Å². The summed E-state index contributed by atoms with van der Waals surface area (Å²) in [5.41, 5.74) is 0.822. The molecule has 0 aromatic heterocycles. The molecule has 2 aliphatic heterocycles. The number of benzene rings is 1. The minimum absolute atomic E-state index is 0.490. The fourth-order valence-corrected chi connectivity index (χ4v) is 3.90. The van der Waals surface area contributed by atoms with Crippen molar-refractivity contribution < 1.29 is 9.84 Å². The Balaban J connectivity index is 1.36. The second-order valence-electron chi connectivity index (χ2n) is 6.76. The molecule has 2 aliphatic rings. The normalized spacial score (nSPS) is 24.4. The minimum atomic E-state index is -0.511. The number of piperidine rings is 1. The lowest BCUT2D eigenvalue weighted by Gasteiger charge is -2.35. The highest BCUT2D eigenvalue weighted by Crippen LogP contribution is 2.27. The van der Waals surface area contributed by atoms with Gasteiger partial charge in [0.25, 0.3) is 0 Å². The van der Waals surface area contributed by atoms with Gasteiger partial charge in [-0.3, -0.25) is 4.90 Å². The van der Waals surface area contributed by atoms with Crippen LogP contribution in [0.1, 0.15) is 37.4 Å². The largest absolute Gasteiger partial charge is 0.388 e. The summed E-state index contributed by atoms with van der Waals surface area (Å²) in [6, 6.07) is 6.49. The molecule has 1 aromatic rings. The molecule has 2 saturated heterocycles. The van der Waals surface area contributed by atoms with Crippen molar-refractivity contribution in [1.29, 1.82) is 0 Å². The summed E-state index contributed by atoms with van der Waals surface area (Å²) in [6.07, 6.45) is 3.67. The first kappa shape index (κ1) is 18.4. The van der Waals surface area contributed by atoms with Crippen LogP contribution in [0.25, 0.3) is 0 Å². The molecule has 0 radical (unpaired) electrons. The van der Waals surface area contributed by atoms with Gasteiger partial charge in [-0.15, -0.1) is 0 Å². The molecule has 4 nitrogen and oxygen atoms in total. The third-order valence-electron chi connectivity index (χ3n) is 5.13. The van der Waals surface area contributed by atoms with E-state index in [2.05, 4.69) is 10.2 Å². The number of aliphatic hydroxyl groups is 1. The molecular weight excluding hydrogens is 347 g/mol. The van der Waals surface area contributed by atoms with E-state index in [0.717, 1.165) is 38.4 Å². The first-order valence-corrected chi connectivity index (χ1v) is 9.57. The summed E-state index contributed by atoms with van der Waals surface area (Å²) < 4.78 is 5.48. The number of nitrogens with one attached hydrogen (secondary N) is 1. The van der Waals surface area contributed by atoms with Crippen LogP contribution in [0.2, 0.25) is 10.0 Å². The predicted octanol–water partition coefficient (Wildman–Crippen LogP) is 3.26. The van der Waals surface area contributed by atoms with E-state index in [4.69, 9.17) is 27.9 Å². The number of rotatable bonds is 6. The number of aliphatic hydroxyl groups excluding tert-OH is 1. The third kappa shape index (κ3) is 4.84. The summed E-state index contributed by atoms with van der Waals surface area (Å²) >= 11 is 11.9. The quantitative estimate of drug-likeness (QED) is 0.804. The lowest BCUT2D eigenvalue weighted by atomic mass is 10.0. The summed E-state index contributed by atoms with van der Waals surface area (Å²) in [6.45, 7) is 4.89. The van der Waals surface area contributed by atoms with Crippen molar-refractivity contribution in [2.24, 2.45) is 0 Å².